The molecule has 3 aromatic heterocycles. The van der Waals surface area contributed by atoms with Crippen LogP contribution in [0.15, 0.2) is 73.2 Å². The van der Waals surface area contributed by atoms with Crippen LogP contribution < -0.4 is 10.1 Å². The van der Waals surface area contributed by atoms with E-state index >= 15 is 0 Å². The van der Waals surface area contributed by atoms with Crippen molar-refractivity contribution in [1.29, 1.82) is 0 Å². The maximum Gasteiger partial charge on any atom is 0.237 e. The first-order chi connectivity index (χ1) is 24.3. The number of hydrogen-bond donors (Lipinski definition) is 2. The number of ether oxygens (including phenoxy) is 1. The zero-order valence-corrected chi connectivity index (χ0v) is 30.5. The largest absolute Gasteiger partial charge is 0.475 e. The van der Waals surface area contributed by atoms with Crippen LogP contribution in [-0.2, 0) is 11.8 Å². The zero-order chi connectivity index (χ0) is 35.0. The summed E-state index contributed by atoms with van der Waals surface area (Å²) in [7, 11) is 1.87. The van der Waals surface area contributed by atoms with E-state index in [1.807, 2.05) is 67.9 Å². The Bertz CT molecular complexity index is 1940. The number of carbonyl (C=O) groups excluding carboxylic acids is 1. The van der Waals surface area contributed by atoms with Gasteiger partial charge in [-0.3, -0.25) is 19.5 Å². The molecule has 2 N–H and O–H groups in total. The van der Waals surface area contributed by atoms with Crippen LogP contribution in [0.5, 0.6) is 5.88 Å². The molecule has 5 heterocycles. The summed E-state index contributed by atoms with van der Waals surface area (Å²) in [4.78, 5) is 25.5. The number of thioether (sulfide) groups is 1. The van der Waals surface area contributed by atoms with Crippen LogP contribution in [0.4, 0.5) is 5.69 Å². The van der Waals surface area contributed by atoms with Crippen molar-refractivity contribution in [2.45, 2.75) is 38.0 Å². The molecule has 260 valence electrons. The highest BCUT2D eigenvalue weighted by Crippen LogP contribution is 2.29. The molecule has 1 atom stereocenters. The first-order valence-corrected chi connectivity index (χ1v) is 18.6. The van der Waals surface area contributed by atoms with Gasteiger partial charge in [0, 0.05) is 66.4 Å². The van der Waals surface area contributed by atoms with Crippen LogP contribution in [0.2, 0.25) is 0 Å². The van der Waals surface area contributed by atoms with Gasteiger partial charge in [0.1, 0.15) is 12.0 Å². The lowest BCUT2D eigenvalue weighted by molar-refractivity contribution is -0.131. The van der Waals surface area contributed by atoms with Crippen LogP contribution in [0.3, 0.4) is 0 Å². The summed E-state index contributed by atoms with van der Waals surface area (Å²) in [6.07, 6.45) is 10.0. The van der Waals surface area contributed by atoms with Crippen LogP contribution in [0, 0.1) is 0 Å². The van der Waals surface area contributed by atoms with Gasteiger partial charge in [-0.2, -0.15) is 22.0 Å². The molecule has 2 aliphatic heterocycles. The number of pyridine rings is 1. The average Bonchev–Trinajstić information content (AvgIpc) is 3.89. The van der Waals surface area contributed by atoms with Crippen molar-refractivity contribution in [3.63, 3.8) is 0 Å². The number of aromatic nitrogens is 6. The molecule has 11 nitrogen and oxygen atoms in total. The van der Waals surface area contributed by atoms with Gasteiger partial charge in [0.25, 0.3) is 0 Å². The number of hydrogen-bond acceptors (Lipinski definition) is 9. The predicted octanol–water partition coefficient (Wildman–Crippen LogP) is 6.32. The van der Waals surface area contributed by atoms with Crippen molar-refractivity contribution < 1.29 is 9.53 Å². The molecular formula is C37H43N9O2S2. The number of H-pyrrole nitrogens is 1. The minimum absolute atomic E-state index is 0.104. The van der Waals surface area contributed by atoms with E-state index in [-0.39, 0.29) is 12.0 Å². The number of aryl methyl sites for hydroxylation is 1. The number of amides is 1. The molecule has 2 aliphatic rings. The van der Waals surface area contributed by atoms with Gasteiger partial charge in [0.05, 0.1) is 23.7 Å². The molecule has 1 saturated heterocycles. The first kappa shape index (κ1) is 35.2. The second-order valence-corrected chi connectivity index (χ2v) is 14.0. The van der Waals surface area contributed by atoms with Gasteiger partial charge in [-0.25, -0.2) is 9.97 Å². The van der Waals surface area contributed by atoms with Gasteiger partial charge in [0.15, 0.2) is 5.82 Å². The standard InChI is InChI=1S/C21H27N5OS.C16H16N4OS/c1-24-15-22-21(23-24)18-5-3-16(4-6-18)17-7-11-26(12-8-17)20(27)14-25-10-9-19(13-25)28-2;1-10(2)21-15-6-3-11(8-17-15)16-13-7-12(18-9-22)4-5-14(13)19-20-16/h3-7,15,19H,8-14H2,1-2H3;3-10H,1-2H3,(H,18,22)(H,19,20)/t19-;/m0./s1. The van der Waals surface area contributed by atoms with Crippen molar-refractivity contribution in [3.8, 4) is 28.5 Å². The third kappa shape index (κ3) is 8.76. The predicted molar refractivity (Wildman–Crippen MR) is 206 cm³/mol. The number of nitrogens with zero attached hydrogens (tertiary/aromatic N) is 7. The molecule has 13 heteroatoms. The molecule has 0 spiro atoms. The molecule has 0 saturated carbocycles. The topological polar surface area (TPSA) is 117 Å². The zero-order valence-electron chi connectivity index (χ0n) is 28.9. The summed E-state index contributed by atoms with van der Waals surface area (Å²) in [6, 6.07) is 18.1. The number of likely N-dealkylation sites (tertiary alicyclic amines) is 1. The SMILES string of the molecule is CC(C)Oc1ccc(-c2n[nH]c3ccc(NC=S)cc23)cn1.CS[C@H]1CCN(CC(=O)N2CC=C(c3ccc(-c4ncn(C)n4)cc3)CC2)C1. The fourth-order valence-corrected chi connectivity index (χ4v) is 6.95. The number of aromatic amines is 1. The fraction of sp³-hybridized carbons (Fsp3) is 0.351. The second kappa shape index (κ2) is 16.4. The van der Waals surface area contributed by atoms with Gasteiger partial charge < -0.3 is 15.0 Å². The lowest BCUT2D eigenvalue weighted by atomic mass is 9.98. The minimum Gasteiger partial charge on any atom is -0.475 e. The third-order valence-electron chi connectivity index (χ3n) is 8.75. The number of rotatable bonds is 10. The molecule has 1 amide bonds. The van der Waals surface area contributed by atoms with E-state index in [1.54, 1.807) is 17.2 Å². The molecule has 1 fully saturated rings. The Morgan fingerprint density at radius 1 is 1.10 bits per heavy atom. The summed E-state index contributed by atoms with van der Waals surface area (Å²) < 4.78 is 7.27. The van der Waals surface area contributed by atoms with Crippen molar-refractivity contribution in [3.05, 3.63) is 78.8 Å². The average molecular weight is 710 g/mol. The fourth-order valence-electron chi connectivity index (χ4n) is 6.11. The van der Waals surface area contributed by atoms with Gasteiger partial charge in [-0.05, 0) is 74.9 Å². The lowest BCUT2D eigenvalue weighted by Crippen LogP contribution is -2.41. The van der Waals surface area contributed by atoms with Gasteiger partial charge >= 0.3 is 0 Å². The van der Waals surface area contributed by atoms with E-state index in [0.717, 1.165) is 65.3 Å². The highest BCUT2D eigenvalue weighted by Gasteiger charge is 2.26. The number of carbonyl (C=O) groups is 1. The second-order valence-electron chi connectivity index (χ2n) is 12.7. The van der Waals surface area contributed by atoms with Gasteiger partial charge in [-0.1, -0.05) is 42.6 Å². The molecule has 0 bridgehead atoms. The molecule has 0 radical (unpaired) electrons. The minimum atomic E-state index is 0.104. The summed E-state index contributed by atoms with van der Waals surface area (Å²) >= 11 is 6.74. The molecular weight excluding hydrogens is 667 g/mol. The maximum absolute atomic E-state index is 12.6. The van der Waals surface area contributed by atoms with Crippen molar-refractivity contribution in [2.75, 3.05) is 44.3 Å². The third-order valence-corrected chi connectivity index (χ3v) is 9.92. The van der Waals surface area contributed by atoms with E-state index in [0.29, 0.717) is 24.2 Å². The maximum atomic E-state index is 12.6. The first-order valence-electron chi connectivity index (χ1n) is 16.8. The van der Waals surface area contributed by atoms with Crippen molar-refractivity contribution in [2.24, 2.45) is 7.05 Å². The quantitative estimate of drug-likeness (QED) is 0.160. The van der Waals surface area contributed by atoms with Crippen LogP contribution in [0.25, 0.3) is 39.1 Å². The monoisotopic (exact) mass is 709 g/mol. The Hall–Kier alpha value is -4.59. The van der Waals surface area contributed by atoms with E-state index in [9.17, 15) is 4.79 Å². The summed E-state index contributed by atoms with van der Waals surface area (Å²) in [5, 5.41) is 16.5. The number of nitrogens with one attached hydrogen (secondary N) is 2. The Morgan fingerprint density at radius 2 is 1.90 bits per heavy atom. The number of fused-ring (bicyclic) bond motifs is 1. The van der Waals surface area contributed by atoms with Crippen LogP contribution >= 0.6 is 24.0 Å². The normalized spacial score (nSPS) is 16.2. The highest BCUT2D eigenvalue weighted by atomic mass is 32.2. The highest BCUT2D eigenvalue weighted by molar-refractivity contribution is 7.99. The molecule has 2 aromatic carbocycles. The van der Waals surface area contributed by atoms with E-state index in [2.05, 4.69) is 72.1 Å². The molecule has 5 aromatic rings. The summed E-state index contributed by atoms with van der Waals surface area (Å²) in [6.45, 7) is 8.10. The Labute approximate surface area is 302 Å². The number of thiocarbonyl (C=S) groups is 1. The molecule has 7 rings (SSSR count). The summed E-state index contributed by atoms with van der Waals surface area (Å²) in [5.74, 6) is 1.62. The van der Waals surface area contributed by atoms with Crippen molar-refractivity contribution >= 4 is 57.5 Å². The smallest absolute Gasteiger partial charge is 0.237 e. The summed E-state index contributed by atoms with van der Waals surface area (Å²) in [5.41, 5.74) is 8.72. The number of benzene rings is 2. The van der Waals surface area contributed by atoms with E-state index in [4.69, 9.17) is 17.0 Å². The Kier molecular flexibility index (Phi) is 11.6. The Balaban J connectivity index is 0.000000178. The van der Waals surface area contributed by atoms with Crippen molar-refractivity contribution in [1.82, 2.24) is 39.7 Å². The number of anilines is 1. The Morgan fingerprint density at radius 3 is 2.54 bits per heavy atom. The van der Waals surface area contributed by atoms with Gasteiger partial charge in [0.2, 0.25) is 11.8 Å². The van der Waals surface area contributed by atoms with E-state index < -0.39 is 0 Å². The van der Waals surface area contributed by atoms with Crippen LogP contribution in [-0.4, -0.2) is 101 Å². The molecule has 0 unspecified atom stereocenters. The van der Waals surface area contributed by atoms with E-state index in [1.165, 1.54) is 23.0 Å². The molecule has 0 aliphatic carbocycles. The van der Waals surface area contributed by atoms with Crippen LogP contribution in [0.1, 0.15) is 32.3 Å². The van der Waals surface area contributed by atoms with Gasteiger partial charge in [-0.15, -0.1) is 0 Å². The molecule has 50 heavy (non-hydrogen) atoms. The lowest BCUT2D eigenvalue weighted by Gasteiger charge is -2.28.